The van der Waals surface area contributed by atoms with Gasteiger partial charge in [-0.2, -0.15) is 0 Å². The van der Waals surface area contributed by atoms with Crippen LogP contribution in [0.25, 0.3) is 0 Å². The third-order valence-corrected chi connectivity index (χ3v) is 5.01. The van der Waals surface area contributed by atoms with Gasteiger partial charge in [-0.1, -0.05) is 12.1 Å². The van der Waals surface area contributed by atoms with Gasteiger partial charge in [0, 0.05) is 12.6 Å². The molecule has 0 atom stereocenters. The molecule has 2 N–H and O–H groups in total. The molecule has 6 nitrogen and oxygen atoms in total. The van der Waals surface area contributed by atoms with E-state index >= 15 is 0 Å². The van der Waals surface area contributed by atoms with Gasteiger partial charge in [-0.25, -0.2) is 8.42 Å². The monoisotopic (exact) mass is 320 g/mol. The zero-order chi connectivity index (χ0) is 16.3. The summed E-state index contributed by atoms with van der Waals surface area (Å²) in [5.41, 5.74) is 5.82. The fourth-order valence-corrected chi connectivity index (χ4v) is 3.17. The van der Waals surface area contributed by atoms with E-state index in [1.165, 1.54) is 38.4 Å². The number of ether oxygens (including phenoxy) is 1. The second kappa shape index (κ2) is 6.07. The van der Waals surface area contributed by atoms with Crippen molar-refractivity contribution in [1.82, 2.24) is 0 Å². The fraction of sp³-hybridized carbons (Fsp3) is 0.133. The van der Waals surface area contributed by atoms with Gasteiger partial charge in [0.2, 0.25) is 5.91 Å². The molecule has 0 aliphatic rings. The van der Waals surface area contributed by atoms with Gasteiger partial charge in [-0.3, -0.25) is 9.10 Å². The number of nitrogens with two attached hydrogens (primary N) is 1. The summed E-state index contributed by atoms with van der Waals surface area (Å²) >= 11 is 0. The minimum atomic E-state index is -3.77. The van der Waals surface area contributed by atoms with Gasteiger partial charge in [-0.15, -0.1) is 0 Å². The summed E-state index contributed by atoms with van der Waals surface area (Å²) in [6.07, 6.45) is 0. The molecule has 0 spiro atoms. The Hall–Kier alpha value is -2.54. The second-order valence-electron chi connectivity index (χ2n) is 4.53. The van der Waals surface area contributed by atoms with Crippen LogP contribution in [0, 0.1) is 0 Å². The van der Waals surface area contributed by atoms with E-state index in [1.54, 1.807) is 24.3 Å². The highest BCUT2D eigenvalue weighted by Gasteiger charge is 2.23. The number of primary amides is 1. The molecule has 0 aliphatic carbocycles. The van der Waals surface area contributed by atoms with Gasteiger partial charge in [0.1, 0.15) is 5.75 Å². The Morgan fingerprint density at radius 1 is 1.09 bits per heavy atom. The Morgan fingerprint density at radius 3 is 2.23 bits per heavy atom. The Kier molecular flexibility index (Phi) is 4.37. The van der Waals surface area contributed by atoms with Gasteiger partial charge in [0.25, 0.3) is 10.0 Å². The van der Waals surface area contributed by atoms with Crippen LogP contribution in [-0.2, 0) is 10.0 Å². The van der Waals surface area contributed by atoms with Crippen LogP contribution in [0.1, 0.15) is 10.4 Å². The molecule has 0 unspecified atom stereocenters. The van der Waals surface area contributed by atoms with E-state index in [2.05, 4.69) is 0 Å². The summed E-state index contributed by atoms with van der Waals surface area (Å²) in [5, 5.41) is 0. The average molecular weight is 320 g/mol. The number of amides is 1. The summed E-state index contributed by atoms with van der Waals surface area (Å²) in [7, 11) is -0.853. The fourth-order valence-electron chi connectivity index (χ4n) is 1.97. The molecule has 0 aliphatic heterocycles. The SMILES string of the molecule is COc1ccccc1N(C)S(=O)(=O)c1ccc(C(N)=O)cc1. The first-order chi connectivity index (χ1) is 10.4. The minimum absolute atomic E-state index is 0.0610. The molecule has 2 rings (SSSR count). The van der Waals surface area contributed by atoms with Crippen molar-refractivity contribution >= 4 is 21.6 Å². The molecule has 22 heavy (non-hydrogen) atoms. The van der Waals surface area contributed by atoms with Crippen molar-refractivity contribution in [3.63, 3.8) is 0 Å². The molecule has 7 heteroatoms. The molecule has 116 valence electrons. The second-order valence-corrected chi connectivity index (χ2v) is 6.50. The smallest absolute Gasteiger partial charge is 0.264 e. The summed E-state index contributed by atoms with van der Waals surface area (Å²) in [5.74, 6) is -0.163. The standard InChI is InChI=1S/C15H16N2O4S/c1-17(13-5-3-4-6-14(13)21-2)22(19,20)12-9-7-11(8-10-12)15(16)18/h3-10H,1-2H3,(H2,16,18). The number of methoxy groups -OCH3 is 1. The molecule has 0 bridgehead atoms. The number of hydrogen-bond acceptors (Lipinski definition) is 4. The van der Waals surface area contributed by atoms with Crippen LogP contribution < -0.4 is 14.8 Å². The van der Waals surface area contributed by atoms with Crippen molar-refractivity contribution < 1.29 is 17.9 Å². The van der Waals surface area contributed by atoms with Gasteiger partial charge >= 0.3 is 0 Å². The van der Waals surface area contributed by atoms with Gasteiger partial charge < -0.3 is 10.5 Å². The summed E-state index contributed by atoms with van der Waals surface area (Å²) < 4.78 is 31.6. The maximum atomic E-state index is 12.6. The van der Waals surface area contributed by atoms with E-state index < -0.39 is 15.9 Å². The van der Waals surface area contributed by atoms with Gasteiger partial charge in [0.05, 0.1) is 17.7 Å². The zero-order valence-electron chi connectivity index (χ0n) is 12.2. The van der Waals surface area contributed by atoms with Crippen molar-refractivity contribution in [1.29, 1.82) is 0 Å². The lowest BCUT2D eigenvalue weighted by molar-refractivity contribution is 0.1000. The van der Waals surface area contributed by atoms with Gasteiger partial charge in [-0.05, 0) is 36.4 Å². The van der Waals surface area contributed by atoms with Crippen molar-refractivity contribution in [3.8, 4) is 5.75 Å². The predicted molar refractivity (Wildman–Crippen MR) is 83.5 cm³/mol. The Morgan fingerprint density at radius 2 is 1.68 bits per heavy atom. The number of rotatable bonds is 5. The van der Waals surface area contributed by atoms with Crippen LogP contribution in [0.5, 0.6) is 5.75 Å². The van der Waals surface area contributed by atoms with E-state index in [1.807, 2.05) is 0 Å². The number of carbonyl (C=O) groups excluding carboxylic acids is 1. The highest BCUT2D eigenvalue weighted by molar-refractivity contribution is 7.92. The van der Waals surface area contributed by atoms with Crippen molar-refractivity contribution in [2.24, 2.45) is 5.73 Å². The number of sulfonamides is 1. The maximum Gasteiger partial charge on any atom is 0.264 e. The van der Waals surface area contributed by atoms with E-state index in [9.17, 15) is 13.2 Å². The normalized spacial score (nSPS) is 11.0. The number of benzene rings is 2. The number of hydrogen-bond donors (Lipinski definition) is 1. The summed E-state index contributed by atoms with van der Waals surface area (Å²) in [4.78, 5) is 11.1. The van der Waals surface area contributed by atoms with E-state index in [0.29, 0.717) is 11.4 Å². The summed E-state index contributed by atoms with van der Waals surface area (Å²) in [6, 6.07) is 12.3. The van der Waals surface area contributed by atoms with E-state index in [0.717, 1.165) is 4.31 Å². The maximum absolute atomic E-state index is 12.6. The van der Waals surface area contributed by atoms with Crippen molar-refractivity contribution in [2.75, 3.05) is 18.5 Å². The van der Waals surface area contributed by atoms with Gasteiger partial charge in [0.15, 0.2) is 0 Å². The lowest BCUT2D eigenvalue weighted by atomic mass is 10.2. The molecule has 1 amide bonds. The van der Waals surface area contributed by atoms with Crippen LogP contribution in [0.4, 0.5) is 5.69 Å². The lowest BCUT2D eigenvalue weighted by Crippen LogP contribution is -2.27. The Balaban J connectivity index is 2.43. The van der Waals surface area contributed by atoms with Crippen LogP contribution in [0.3, 0.4) is 0 Å². The largest absolute Gasteiger partial charge is 0.495 e. The molecule has 2 aromatic carbocycles. The third kappa shape index (κ3) is 2.89. The third-order valence-electron chi connectivity index (χ3n) is 3.22. The molecule has 0 fully saturated rings. The lowest BCUT2D eigenvalue weighted by Gasteiger charge is -2.21. The molecule has 0 heterocycles. The number of para-hydroxylation sites is 2. The summed E-state index contributed by atoms with van der Waals surface area (Å²) in [6.45, 7) is 0. The molecular formula is C15H16N2O4S. The predicted octanol–water partition coefficient (Wildman–Crippen LogP) is 1.62. The number of carbonyl (C=O) groups is 1. The van der Waals surface area contributed by atoms with Crippen LogP contribution in [-0.4, -0.2) is 28.5 Å². The highest BCUT2D eigenvalue weighted by atomic mass is 32.2. The van der Waals surface area contributed by atoms with Crippen molar-refractivity contribution in [3.05, 3.63) is 54.1 Å². The topological polar surface area (TPSA) is 89.7 Å². The first-order valence-electron chi connectivity index (χ1n) is 6.39. The van der Waals surface area contributed by atoms with Crippen LogP contribution in [0.2, 0.25) is 0 Å². The highest BCUT2D eigenvalue weighted by Crippen LogP contribution is 2.30. The van der Waals surface area contributed by atoms with E-state index in [4.69, 9.17) is 10.5 Å². The number of anilines is 1. The number of nitrogens with zero attached hydrogens (tertiary/aromatic N) is 1. The Bertz CT molecular complexity index is 785. The first-order valence-corrected chi connectivity index (χ1v) is 7.83. The molecule has 0 saturated carbocycles. The van der Waals surface area contributed by atoms with Crippen LogP contribution in [0.15, 0.2) is 53.4 Å². The Labute approximate surface area is 129 Å². The van der Waals surface area contributed by atoms with Crippen molar-refractivity contribution in [2.45, 2.75) is 4.90 Å². The average Bonchev–Trinajstić information content (AvgIpc) is 2.54. The molecule has 0 aromatic heterocycles. The molecule has 0 saturated heterocycles. The van der Waals surface area contributed by atoms with Crippen LogP contribution >= 0.6 is 0 Å². The zero-order valence-corrected chi connectivity index (χ0v) is 13.0. The first kappa shape index (κ1) is 15.8. The molecular weight excluding hydrogens is 304 g/mol. The quantitative estimate of drug-likeness (QED) is 0.906. The minimum Gasteiger partial charge on any atom is -0.495 e. The van der Waals surface area contributed by atoms with E-state index in [-0.39, 0.29) is 10.5 Å². The molecule has 0 radical (unpaired) electrons. The molecule has 2 aromatic rings.